The molecule has 4 heteroatoms. The van der Waals surface area contributed by atoms with E-state index in [1.165, 1.54) is 0 Å². The third-order valence-electron chi connectivity index (χ3n) is 2.95. The van der Waals surface area contributed by atoms with Gasteiger partial charge in [-0.3, -0.25) is 4.98 Å². The predicted molar refractivity (Wildman–Crippen MR) is 77.0 cm³/mol. The third kappa shape index (κ3) is 4.10. The summed E-state index contributed by atoms with van der Waals surface area (Å²) in [5.74, 6) is 0.963. The monoisotopic (exact) mass is 259 g/mol. The van der Waals surface area contributed by atoms with E-state index in [0.29, 0.717) is 0 Å². The summed E-state index contributed by atoms with van der Waals surface area (Å²) >= 11 is 0. The Hall–Kier alpha value is -1.81. The van der Waals surface area contributed by atoms with Crippen molar-refractivity contribution < 1.29 is 4.42 Å². The fraction of sp³-hybridized carbons (Fsp3) is 0.400. The lowest BCUT2D eigenvalue weighted by atomic mass is 10.2. The van der Waals surface area contributed by atoms with E-state index < -0.39 is 0 Å². The fourth-order valence-electron chi connectivity index (χ4n) is 1.92. The second kappa shape index (κ2) is 6.95. The molecule has 1 N–H and O–H groups in total. The number of nitrogens with one attached hydrogen (secondary N) is 1. The van der Waals surface area contributed by atoms with Gasteiger partial charge in [-0.2, -0.15) is 0 Å². The quantitative estimate of drug-likeness (QED) is 0.776. The average Bonchev–Trinajstić information content (AvgIpc) is 2.92. The first-order chi connectivity index (χ1) is 9.29. The topological polar surface area (TPSA) is 41.3 Å². The highest BCUT2D eigenvalue weighted by atomic mass is 16.3. The number of anilines is 1. The Kier molecular flexibility index (Phi) is 4.98. The average molecular weight is 259 g/mol. The SMILES string of the molecule is CCCNCc1cc(N(C)Cc2ccco2)ccn1. The number of aromatic nitrogens is 1. The molecular weight excluding hydrogens is 238 g/mol. The first kappa shape index (κ1) is 13.6. The lowest BCUT2D eigenvalue weighted by Gasteiger charge is -2.18. The highest BCUT2D eigenvalue weighted by molar-refractivity contribution is 5.45. The van der Waals surface area contributed by atoms with E-state index in [-0.39, 0.29) is 0 Å². The molecule has 2 rings (SSSR count). The minimum absolute atomic E-state index is 0.763. The molecule has 0 radical (unpaired) electrons. The Bertz CT molecular complexity index is 482. The number of rotatable bonds is 7. The summed E-state index contributed by atoms with van der Waals surface area (Å²) in [6.07, 6.45) is 4.70. The van der Waals surface area contributed by atoms with Crippen LogP contribution in [0.15, 0.2) is 41.1 Å². The third-order valence-corrected chi connectivity index (χ3v) is 2.95. The molecule has 0 fully saturated rings. The van der Waals surface area contributed by atoms with Crippen LogP contribution in [0, 0.1) is 0 Å². The molecule has 0 aromatic carbocycles. The predicted octanol–water partition coefficient (Wildman–Crippen LogP) is 2.81. The summed E-state index contributed by atoms with van der Waals surface area (Å²) < 4.78 is 5.37. The summed E-state index contributed by atoms with van der Waals surface area (Å²) in [4.78, 5) is 6.53. The van der Waals surface area contributed by atoms with Gasteiger partial charge in [0.1, 0.15) is 5.76 Å². The maximum Gasteiger partial charge on any atom is 0.123 e. The first-order valence-electron chi connectivity index (χ1n) is 6.68. The minimum atomic E-state index is 0.763. The van der Waals surface area contributed by atoms with E-state index in [1.807, 2.05) is 24.4 Å². The summed E-state index contributed by atoms with van der Waals surface area (Å²) in [5.41, 5.74) is 2.22. The number of hydrogen-bond donors (Lipinski definition) is 1. The van der Waals surface area contributed by atoms with Crippen molar-refractivity contribution >= 4 is 5.69 Å². The Balaban J connectivity index is 1.97. The van der Waals surface area contributed by atoms with Crippen molar-refractivity contribution in [1.29, 1.82) is 0 Å². The molecule has 19 heavy (non-hydrogen) atoms. The molecule has 0 saturated heterocycles. The van der Waals surface area contributed by atoms with Crippen LogP contribution in [0.25, 0.3) is 0 Å². The number of furan rings is 1. The molecule has 2 aromatic heterocycles. The van der Waals surface area contributed by atoms with E-state index in [1.54, 1.807) is 6.26 Å². The van der Waals surface area contributed by atoms with Gasteiger partial charge in [0, 0.05) is 25.5 Å². The van der Waals surface area contributed by atoms with Crippen molar-refractivity contribution in [3.63, 3.8) is 0 Å². The molecule has 0 aliphatic rings. The van der Waals surface area contributed by atoms with Crippen molar-refractivity contribution in [1.82, 2.24) is 10.3 Å². The Morgan fingerprint density at radius 2 is 2.26 bits per heavy atom. The maximum absolute atomic E-state index is 5.37. The molecule has 102 valence electrons. The molecule has 0 bridgehead atoms. The second-order valence-electron chi connectivity index (χ2n) is 4.62. The van der Waals surface area contributed by atoms with Crippen LogP contribution in [0.2, 0.25) is 0 Å². The van der Waals surface area contributed by atoms with Gasteiger partial charge in [0.2, 0.25) is 0 Å². The van der Waals surface area contributed by atoms with Gasteiger partial charge >= 0.3 is 0 Å². The zero-order valence-electron chi connectivity index (χ0n) is 11.6. The van der Waals surface area contributed by atoms with Crippen LogP contribution in [-0.4, -0.2) is 18.6 Å². The van der Waals surface area contributed by atoms with E-state index in [2.05, 4.69) is 35.2 Å². The first-order valence-corrected chi connectivity index (χ1v) is 6.68. The number of nitrogens with zero attached hydrogens (tertiary/aromatic N) is 2. The van der Waals surface area contributed by atoms with Crippen LogP contribution in [0.3, 0.4) is 0 Å². The smallest absolute Gasteiger partial charge is 0.123 e. The minimum Gasteiger partial charge on any atom is -0.467 e. The van der Waals surface area contributed by atoms with E-state index >= 15 is 0 Å². The Morgan fingerprint density at radius 1 is 1.37 bits per heavy atom. The van der Waals surface area contributed by atoms with Gasteiger partial charge in [-0.1, -0.05) is 6.92 Å². The van der Waals surface area contributed by atoms with Crippen LogP contribution in [0.1, 0.15) is 24.8 Å². The normalized spacial score (nSPS) is 10.6. The van der Waals surface area contributed by atoms with Gasteiger partial charge in [-0.05, 0) is 37.2 Å². The number of pyridine rings is 1. The van der Waals surface area contributed by atoms with Gasteiger partial charge in [-0.15, -0.1) is 0 Å². The summed E-state index contributed by atoms with van der Waals surface area (Å²) in [5, 5.41) is 3.36. The van der Waals surface area contributed by atoms with Crippen molar-refractivity contribution in [3.8, 4) is 0 Å². The van der Waals surface area contributed by atoms with Crippen LogP contribution < -0.4 is 10.2 Å². The molecule has 0 saturated carbocycles. The molecule has 0 spiro atoms. The van der Waals surface area contributed by atoms with Crippen LogP contribution in [0.4, 0.5) is 5.69 Å². The van der Waals surface area contributed by atoms with Crippen molar-refractivity contribution in [2.24, 2.45) is 0 Å². The summed E-state index contributed by atoms with van der Waals surface area (Å²) in [6.45, 7) is 4.76. The molecular formula is C15H21N3O. The van der Waals surface area contributed by atoms with Crippen LogP contribution in [-0.2, 0) is 13.1 Å². The lowest BCUT2D eigenvalue weighted by Crippen LogP contribution is -2.18. The largest absolute Gasteiger partial charge is 0.467 e. The van der Waals surface area contributed by atoms with Gasteiger partial charge in [-0.25, -0.2) is 0 Å². The van der Waals surface area contributed by atoms with Crippen molar-refractivity contribution in [2.75, 3.05) is 18.5 Å². The summed E-state index contributed by atoms with van der Waals surface area (Å²) in [7, 11) is 2.06. The van der Waals surface area contributed by atoms with E-state index in [9.17, 15) is 0 Å². The highest BCUT2D eigenvalue weighted by Gasteiger charge is 2.05. The maximum atomic E-state index is 5.37. The summed E-state index contributed by atoms with van der Waals surface area (Å²) in [6, 6.07) is 8.04. The zero-order chi connectivity index (χ0) is 13.5. The molecule has 0 aliphatic heterocycles. The van der Waals surface area contributed by atoms with Gasteiger partial charge in [0.25, 0.3) is 0 Å². The fourth-order valence-corrected chi connectivity index (χ4v) is 1.92. The van der Waals surface area contributed by atoms with Crippen LogP contribution in [0.5, 0.6) is 0 Å². The molecule has 0 atom stereocenters. The van der Waals surface area contributed by atoms with E-state index in [4.69, 9.17) is 4.42 Å². The van der Waals surface area contributed by atoms with Gasteiger partial charge in [0.05, 0.1) is 18.5 Å². The molecule has 2 heterocycles. The molecule has 0 unspecified atom stereocenters. The van der Waals surface area contributed by atoms with Crippen LogP contribution >= 0.6 is 0 Å². The van der Waals surface area contributed by atoms with Gasteiger partial charge < -0.3 is 14.6 Å². The van der Waals surface area contributed by atoms with Gasteiger partial charge in [0.15, 0.2) is 0 Å². The van der Waals surface area contributed by atoms with Crippen molar-refractivity contribution in [2.45, 2.75) is 26.4 Å². The second-order valence-corrected chi connectivity index (χ2v) is 4.62. The van der Waals surface area contributed by atoms with E-state index in [0.717, 1.165) is 43.2 Å². The zero-order valence-corrected chi connectivity index (χ0v) is 11.6. The Morgan fingerprint density at radius 3 is 3.00 bits per heavy atom. The molecule has 0 aliphatic carbocycles. The highest BCUT2D eigenvalue weighted by Crippen LogP contribution is 2.16. The number of hydrogen-bond acceptors (Lipinski definition) is 4. The standard InChI is InChI=1S/C15H21N3O/c1-3-7-16-11-13-10-14(6-8-17-13)18(2)12-15-5-4-9-19-15/h4-6,8-10,16H,3,7,11-12H2,1-2H3. The molecule has 4 nitrogen and oxygen atoms in total. The lowest BCUT2D eigenvalue weighted by molar-refractivity contribution is 0.507. The Labute approximate surface area is 114 Å². The van der Waals surface area contributed by atoms with Crippen molar-refractivity contribution in [3.05, 3.63) is 48.2 Å². The molecule has 2 aromatic rings. The molecule has 0 amide bonds.